The van der Waals surface area contributed by atoms with E-state index in [0.29, 0.717) is 6.42 Å². The molecule has 7 heteroatoms. The molecule has 0 fully saturated rings. The van der Waals surface area contributed by atoms with Crippen molar-refractivity contribution in [2.24, 2.45) is 0 Å². The van der Waals surface area contributed by atoms with Gasteiger partial charge in [-0.3, -0.25) is 9.69 Å². The Morgan fingerprint density at radius 3 is 2.77 bits per heavy atom. The van der Waals surface area contributed by atoms with Crippen LogP contribution in [0.3, 0.4) is 0 Å². The highest BCUT2D eigenvalue weighted by Crippen LogP contribution is 2.23. The maximum absolute atomic E-state index is 12.0. The fourth-order valence-corrected chi connectivity index (χ4v) is 2.94. The summed E-state index contributed by atoms with van der Waals surface area (Å²) >= 11 is 3.46. The highest BCUT2D eigenvalue weighted by atomic mass is 79.9. The Labute approximate surface area is 136 Å². The van der Waals surface area contributed by atoms with Crippen molar-refractivity contribution in [2.45, 2.75) is 32.0 Å². The summed E-state index contributed by atoms with van der Waals surface area (Å²) in [6.07, 6.45) is -2.49. The summed E-state index contributed by atoms with van der Waals surface area (Å²) in [5.74, 6) is -1.86. The van der Waals surface area contributed by atoms with Gasteiger partial charge in [-0.1, -0.05) is 22.0 Å². The van der Waals surface area contributed by atoms with E-state index >= 15 is 0 Å². The van der Waals surface area contributed by atoms with Gasteiger partial charge in [0, 0.05) is 24.1 Å². The van der Waals surface area contributed by atoms with Gasteiger partial charge in [-0.25, -0.2) is 0 Å². The first-order chi connectivity index (χ1) is 10.4. The van der Waals surface area contributed by atoms with E-state index in [9.17, 15) is 18.0 Å². The number of benzene rings is 1. The predicted molar refractivity (Wildman–Crippen MR) is 81.4 cm³/mol. The molecule has 0 saturated carbocycles. The van der Waals surface area contributed by atoms with Gasteiger partial charge >= 0.3 is 12.1 Å². The van der Waals surface area contributed by atoms with E-state index in [1.165, 1.54) is 11.1 Å². The van der Waals surface area contributed by atoms with E-state index in [1.54, 1.807) is 0 Å². The quantitative estimate of drug-likeness (QED) is 0.797. The van der Waals surface area contributed by atoms with Crippen LogP contribution in [-0.2, 0) is 17.8 Å². The van der Waals surface area contributed by atoms with Crippen LogP contribution >= 0.6 is 15.9 Å². The van der Waals surface area contributed by atoms with Crippen LogP contribution in [0, 0.1) is 0 Å². The summed E-state index contributed by atoms with van der Waals surface area (Å²) in [7, 11) is 0. The molecule has 22 heavy (non-hydrogen) atoms. The van der Waals surface area contributed by atoms with Gasteiger partial charge in [0.2, 0.25) is 0 Å². The number of carbonyl (C=O) groups excluding carboxylic acids is 1. The SMILES string of the molecule is O=C(NCCCCN1CCc2cc(Br)ccc2C1)C(F)(F)F. The van der Waals surface area contributed by atoms with Crippen LogP contribution in [0.25, 0.3) is 0 Å². The van der Waals surface area contributed by atoms with Crippen molar-refractivity contribution in [1.29, 1.82) is 0 Å². The van der Waals surface area contributed by atoms with E-state index in [1.807, 2.05) is 11.4 Å². The number of amides is 1. The molecular weight excluding hydrogens is 361 g/mol. The van der Waals surface area contributed by atoms with E-state index in [0.717, 1.165) is 36.9 Å². The summed E-state index contributed by atoms with van der Waals surface area (Å²) in [4.78, 5) is 12.9. The molecule has 1 heterocycles. The van der Waals surface area contributed by atoms with Crippen LogP contribution in [0.2, 0.25) is 0 Å². The third-order valence-electron chi connectivity index (χ3n) is 3.70. The van der Waals surface area contributed by atoms with Crippen LogP contribution in [0.5, 0.6) is 0 Å². The lowest BCUT2D eigenvalue weighted by molar-refractivity contribution is -0.173. The maximum atomic E-state index is 12.0. The smallest absolute Gasteiger partial charge is 0.348 e. The monoisotopic (exact) mass is 378 g/mol. The molecule has 1 aliphatic rings. The summed E-state index contributed by atoms with van der Waals surface area (Å²) in [6.45, 7) is 2.73. The Bertz CT molecular complexity index is 534. The van der Waals surface area contributed by atoms with Gasteiger partial charge in [0.05, 0.1) is 0 Å². The lowest BCUT2D eigenvalue weighted by Crippen LogP contribution is -2.37. The van der Waals surface area contributed by atoms with Crippen LogP contribution in [0.4, 0.5) is 13.2 Å². The van der Waals surface area contributed by atoms with E-state index in [4.69, 9.17) is 0 Å². The third kappa shape index (κ3) is 4.98. The fraction of sp³-hybridized carbons (Fsp3) is 0.533. The number of fused-ring (bicyclic) bond motifs is 1. The topological polar surface area (TPSA) is 32.3 Å². The maximum Gasteiger partial charge on any atom is 0.471 e. The number of carbonyl (C=O) groups is 1. The average Bonchev–Trinajstić information content (AvgIpc) is 2.45. The molecule has 0 bridgehead atoms. The van der Waals surface area contributed by atoms with Gasteiger partial charge in [0.15, 0.2) is 0 Å². The summed E-state index contributed by atoms with van der Waals surface area (Å²) in [5.41, 5.74) is 2.66. The molecule has 3 nitrogen and oxygen atoms in total. The van der Waals surface area contributed by atoms with Crippen LogP contribution in [0.15, 0.2) is 22.7 Å². The van der Waals surface area contributed by atoms with Crippen molar-refractivity contribution in [3.63, 3.8) is 0 Å². The molecule has 0 radical (unpaired) electrons. The molecule has 0 aliphatic carbocycles. The van der Waals surface area contributed by atoms with Gasteiger partial charge in [-0.2, -0.15) is 13.2 Å². The molecule has 0 atom stereocenters. The molecule has 1 aromatic carbocycles. The number of nitrogens with one attached hydrogen (secondary N) is 1. The first-order valence-corrected chi connectivity index (χ1v) is 8.00. The molecule has 0 spiro atoms. The highest BCUT2D eigenvalue weighted by molar-refractivity contribution is 9.10. The second-order valence-electron chi connectivity index (χ2n) is 5.40. The molecule has 2 rings (SSSR count). The van der Waals surface area contributed by atoms with E-state index < -0.39 is 12.1 Å². The first kappa shape index (κ1) is 17.3. The molecule has 122 valence electrons. The standard InChI is InChI=1S/C15H18BrF3N2O/c16-13-4-3-12-10-21(8-5-11(12)9-13)7-2-1-6-20-14(22)15(17,18)19/h3-4,9H,1-2,5-8,10H2,(H,20,22). The number of hydrogen-bond donors (Lipinski definition) is 1. The molecule has 1 amide bonds. The lowest BCUT2D eigenvalue weighted by atomic mass is 10.00. The van der Waals surface area contributed by atoms with Crippen molar-refractivity contribution in [1.82, 2.24) is 10.2 Å². The van der Waals surface area contributed by atoms with Crippen molar-refractivity contribution in [3.8, 4) is 0 Å². The van der Waals surface area contributed by atoms with Crippen LogP contribution in [0.1, 0.15) is 24.0 Å². The molecule has 0 aromatic heterocycles. The number of hydrogen-bond acceptors (Lipinski definition) is 2. The second-order valence-corrected chi connectivity index (χ2v) is 6.32. The highest BCUT2D eigenvalue weighted by Gasteiger charge is 2.38. The minimum absolute atomic E-state index is 0.0652. The van der Waals surface area contributed by atoms with Crippen molar-refractivity contribution < 1.29 is 18.0 Å². The summed E-state index contributed by atoms with van der Waals surface area (Å²) in [6, 6.07) is 6.27. The van der Waals surface area contributed by atoms with Crippen LogP contribution in [-0.4, -0.2) is 36.6 Å². The third-order valence-corrected chi connectivity index (χ3v) is 4.20. The Morgan fingerprint density at radius 2 is 2.05 bits per heavy atom. The zero-order valence-electron chi connectivity index (χ0n) is 12.0. The van der Waals surface area contributed by atoms with Gasteiger partial charge in [0.1, 0.15) is 0 Å². The van der Waals surface area contributed by atoms with Crippen molar-refractivity contribution >= 4 is 21.8 Å². The number of rotatable bonds is 5. The minimum Gasteiger partial charge on any atom is -0.348 e. The molecule has 1 aliphatic heterocycles. The number of unbranched alkanes of at least 4 members (excludes halogenated alkanes) is 1. The van der Waals surface area contributed by atoms with Gasteiger partial charge in [0.25, 0.3) is 0 Å². The van der Waals surface area contributed by atoms with Gasteiger partial charge in [-0.05, 0) is 49.1 Å². The molecule has 0 unspecified atom stereocenters. The Balaban J connectivity index is 1.67. The Kier molecular flexibility index (Phi) is 5.86. The largest absolute Gasteiger partial charge is 0.471 e. The molecule has 0 saturated heterocycles. The zero-order valence-corrected chi connectivity index (χ0v) is 13.6. The van der Waals surface area contributed by atoms with Gasteiger partial charge < -0.3 is 5.32 Å². The average molecular weight is 379 g/mol. The van der Waals surface area contributed by atoms with Crippen molar-refractivity contribution in [2.75, 3.05) is 19.6 Å². The zero-order chi connectivity index (χ0) is 16.2. The lowest BCUT2D eigenvalue weighted by Gasteiger charge is -2.28. The normalized spacial score (nSPS) is 15.5. The van der Waals surface area contributed by atoms with E-state index in [2.05, 4.69) is 33.0 Å². The predicted octanol–water partition coefficient (Wildman–Crippen LogP) is 3.27. The Hall–Kier alpha value is -1.08. The Morgan fingerprint density at radius 1 is 1.27 bits per heavy atom. The molecule has 1 N–H and O–H groups in total. The number of halogens is 4. The number of alkyl halides is 3. The fourth-order valence-electron chi connectivity index (χ4n) is 2.53. The molecule has 1 aromatic rings. The summed E-state index contributed by atoms with van der Waals surface area (Å²) < 4.78 is 37.1. The van der Waals surface area contributed by atoms with Crippen LogP contribution < -0.4 is 5.32 Å². The molecular formula is C15H18BrF3N2O. The number of nitrogens with zero attached hydrogens (tertiary/aromatic N) is 1. The van der Waals surface area contributed by atoms with E-state index in [-0.39, 0.29) is 6.54 Å². The summed E-state index contributed by atoms with van der Waals surface area (Å²) in [5, 5.41) is 1.89. The van der Waals surface area contributed by atoms with Crippen molar-refractivity contribution in [3.05, 3.63) is 33.8 Å². The first-order valence-electron chi connectivity index (χ1n) is 7.21. The van der Waals surface area contributed by atoms with Gasteiger partial charge in [-0.15, -0.1) is 0 Å². The second kappa shape index (κ2) is 7.46. The minimum atomic E-state index is -4.79.